The zero-order valence-electron chi connectivity index (χ0n) is 11.7. The summed E-state index contributed by atoms with van der Waals surface area (Å²) >= 11 is 1.70. The molecule has 106 valence electrons. The van der Waals surface area contributed by atoms with Crippen LogP contribution in [-0.4, -0.2) is 0 Å². The average Bonchev–Trinajstić information content (AvgIpc) is 3.02. The number of thiophene rings is 1. The van der Waals surface area contributed by atoms with Gasteiger partial charge in [0.1, 0.15) is 12.4 Å². The van der Waals surface area contributed by atoms with Gasteiger partial charge in [0.15, 0.2) is 0 Å². The van der Waals surface area contributed by atoms with Gasteiger partial charge in [0.25, 0.3) is 0 Å². The average molecular weight is 295 g/mol. The van der Waals surface area contributed by atoms with Gasteiger partial charge in [0.2, 0.25) is 0 Å². The summed E-state index contributed by atoms with van der Waals surface area (Å²) in [4.78, 5) is 2.38. The highest BCUT2D eigenvalue weighted by Gasteiger charge is 2.01. The van der Waals surface area contributed by atoms with E-state index < -0.39 is 0 Å². The number of rotatable bonds is 5. The SMILES string of the molecule is NCc1ccc(COc2ccc(-c3ccccc3)cc2)s1. The molecule has 0 aliphatic heterocycles. The van der Waals surface area contributed by atoms with Crippen LogP contribution in [0.3, 0.4) is 0 Å². The van der Waals surface area contributed by atoms with E-state index >= 15 is 0 Å². The minimum absolute atomic E-state index is 0.593. The fourth-order valence-corrected chi connectivity index (χ4v) is 2.95. The third-order valence-electron chi connectivity index (χ3n) is 3.26. The second kappa shape index (κ2) is 6.57. The number of hydrogen-bond acceptors (Lipinski definition) is 3. The molecule has 21 heavy (non-hydrogen) atoms. The molecule has 0 spiro atoms. The van der Waals surface area contributed by atoms with Crippen molar-refractivity contribution in [1.82, 2.24) is 0 Å². The van der Waals surface area contributed by atoms with Crippen molar-refractivity contribution in [2.24, 2.45) is 5.73 Å². The second-order valence-corrected chi connectivity index (χ2v) is 6.00. The predicted octanol–water partition coefficient (Wildman–Crippen LogP) is 4.45. The van der Waals surface area contributed by atoms with Crippen LogP contribution in [0.25, 0.3) is 11.1 Å². The summed E-state index contributed by atoms with van der Waals surface area (Å²) in [6, 6.07) is 22.7. The smallest absolute Gasteiger partial charge is 0.122 e. The van der Waals surface area contributed by atoms with E-state index in [1.165, 1.54) is 20.9 Å². The van der Waals surface area contributed by atoms with Gasteiger partial charge in [-0.25, -0.2) is 0 Å². The van der Waals surface area contributed by atoms with Crippen LogP contribution in [0.1, 0.15) is 9.75 Å². The number of benzene rings is 2. The lowest BCUT2D eigenvalue weighted by molar-refractivity contribution is 0.310. The molecule has 0 aliphatic rings. The van der Waals surface area contributed by atoms with Crippen LogP contribution in [0, 0.1) is 0 Å². The molecule has 0 bridgehead atoms. The third-order valence-corrected chi connectivity index (χ3v) is 4.34. The van der Waals surface area contributed by atoms with E-state index in [0.717, 1.165) is 5.75 Å². The molecular formula is C18H17NOS. The minimum atomic E-state index is 0.593. The van der Waals surface area contributed by atoms with Crippen molar-refractivity contribution < 1.29 is 4.74 Å². The monoisotopic (exact) mass is 295 g/mol. The maximum Gasteiger partial charge on any atom is 0.122 e. The number of ether oxygens (including phenoxy) is 1. The van der Waals surface area contributed by atoms with Crippen molar-refractivity contribution >= 4 is 11.3 Å². The molecule has 0 fully saturated rings. The van der Waals surface area contributed by atoms with E-state index in [9.17, 15) is 0 Å². The summed E-state index contributed by atoms with van der Waals surface area (Å²) in [5, 5.41) is 0. The Morgan fingerprint density at radius 2 is 1.43 bits per heavy atom. The standard InChI is InChI=1S/C18H17NOS/c19-12-17-10-11-18(21-17)13-20-16-8-6-15(7-9-16)14-4-2-1-3-5-14/h1-11H,12-13,19H2. The minimum Gasteiger partial charge on any atom is -0.488 e. The molecule has 3 rings (SSSR count). The first-order valence-electron chi connectivity index (χ1n) is 6.91. The summed E-state index contributed by atoms with van der Waals surface area (Å²) in [7, 11) is 0. The predicted molar refractivity (Wildman–Crippen MR) is 88.4 cm³/mol. The van der Waals surface area contributed by atoms with Crippen molar-refractivity contribution in [2.75, 3.05) is 0 Å². The third kappa shape index (κ3) is 3.51. The van der Waals surface area contributed by atoms with Crippen LogP contribution in [0.15, 0.2) is 66.7 Å². The van der Waals surface area contributed by atoms with E-state index in [1.54, 1.807) is 11.3 Å². The van der Waals surface area contributed by atoms with Gasteiger partial charge < -0.3 is 10.5 Å². The summed E-state index contributed by atoms with van der Waals surface area (Å²) < 4.78 is 5.81. The molecule has 3 heteroatoms. The molecule has 2 N–H and O–H groups in total. The van der Waals surface area contributed by atoms with E-state index in [-0.39, 0.29) is 0 Å². The Hall–Kier alpha value is -2.10. The first-order valence-corrected chi connectivity index (χ1v) is 7.73. The Labute approximate surface area is 128 Å². The Kier molecular flexibility index (Phi) is 4.34. The Bertz CT molecular complexity index is 689. The van der Waals surface area contributed by atoms with Crippen LogP contribution < -0.4 is 10.5 Å². The van der Waals surface area contributed by atoms with Crippen molar-refractivity contribution in [3.63, 3.8) is 0 Å². The van der Waals surface area contributed by atoms with Crippen LogP contribution >= 0.6 is 11.3 Å². The maximum absolute atomic E-state index is 5.81. The Morgan fingerprint density at radius 3 is 2.10 bits per heavy atom. The summed E-state index contributed by atoms with van der Waals surface area (Å²) in [6.45, 7) is 1.19. The molecule has 0 saturated carbocycles. The highest BCUT2D eigenvalue weighted by atomic mass is 32.1. The summed E-state index contributed by atoms with van der Waals surface area (Å²) in [5.74, 6) is 0.886. The highest BCUT2D eigenvalue weighted by molar-refractivity contribution is 7.11. The topological polar surface area (TPSA) is 35.2 Å². The molecule has 0 amide bonds. The van der Waals surface area contributed by atoms with Gasteiger partial charge in [-0.3, -0.25) is 0 Å². The molecule has 1 heterocycles. The zero-order chi connectivity index (χ0) is 14.5. The van der Waals surface area contributed by atoms with Crippen LogP contribution in [0.4, 0.5) is 0 Å². The van der Waals surface area contributed by atoms with E-state index in [4.69, 9.17) is 10.5 Å². The van der Waals surface area contributed by atoms with E-state index in [1.807, 2.05) is 30.3 Å². The summed E-state index contributed by atoms with van der Waals surface area (Å²) in [6.07, 6.45) is 0. The van der Waals surface area contributed by atoms with Gasteiger partial charge >= 0.3 is 0 Å². The molecule has 0 saturated heterocycles. The van der Waals surface area contributed by atoms with Gasteiger partial charge in [-0.2, -0.15) is 0 Å². The van der Waals surface area contributed by atoms with E-state index in [2.05, 4.69) is 36.4 Å². The van der Waals surface area contributed by atoms with Crippen LogP contribution in [-0.2, 0) is 13.2 Å². The molecular weight excluding hydrogens is 278 g/mol. The molecule has 0 radical (unpaired) electrons. The lowest BCUT2D eigenvalue weighted by atomic mass is 10.1. The van der Waals surface area contributed by atoms with Crippen molar-refractivity contribution in [2.45, 2.75) is 13.2 Å². The van der Waals surface area contributed by atoms with Crippen molar-refractivity contribution in [3.05, 3.63) is 76.5 Å². The normalized spacial score (nSPS) is 10.5. The van der Waals surface area contributed by atoms with Gasteiger partial charge in [-0.15, -0.1) is 11.3 Å². The lowest BCUT2D eigenvalue weighted by Crippen LogP contribution is -1.93. The van der Waals surface area contributed by atoms with Crippen molar-refractivity contribution in [3.8, 4) is 16.9 Å². The zero-order valence-corrected chi connectivity index (χ0v) is 12.5. The Balaban J connectivity index is 1.64. The van der Waals surface area contributed by atoms with Crippen molar-refractivity contribution in [1.29, 1.82) is 0 Å². The first-order chi connectivity index (χ1) is 10.3. The Morgan fingerprint density at radius 1 is 0.762 bits per heavy atom. The van der Waals surface area contributed by atoms with Gasteiger partial charge in [-0.05, 0) is 35.4 Å². The van der Waals surface area contributed by atoms with Gasteiger partial charge in [0, 0.05) is 16.3 Å². The molecule has 0 aliphatic carbocycles. The fourth-order valence-electron chi connectivity index (χ4n) is 2.14. The lowest BCUT2D eigenvalue weighted by Gasteiger charge is -2.06. The molecule has 0 atom stereocenters. The fraction of sp³-hybridized carbons (Fsp3) is 0.111. The molecule has 3 aromatic rings. The molecule has 0 unspecified atom stereocenters. The van der Waals surface area contributed by atoms with Gasteiger partial charge in [-0.1, -0.05) is 42.5 Å². The molecule has 1 aromatic heterocycles. The van der Waals surface area contributed by atoms with E-state index in [0.29, 0.717) is 13.2 Å². The highest BCUT2D eigenvalue weighted by Crippen LogP contribution is 2.23. The summed E-state index contributed by atoms with van der Waals surface area (Å²) in [5.41, 5.74) is 8.03. The number of nitrogens with two attached hydrogens (primary N) is 1. The van der Waals surface area contributed by atoms with Crippen LogP contribution in [0.2, 0.25) is 0 Å². The number of hydrogen-bond donors (Lipinski definition) is 1. The first kappa shape index (κ1) is 13.9. The second-order valence-electron chi connectivity index (χ2n) is 4.75. The van der Waals surface area contributed by atoms with Gasteiger partial charge in [0.05, 0.1) is 0 Å². The maximum atomic E-state index is 5.81. The molecule has 2 aromatic carbocycles. The van der Waals surface area contributed by atoms with Crippen LogP contribution in [0.5, 0.6) is 5.75 Å². The quantitative estimate of drug-likeness (QED) is 0.754. The largest absolute Gasteiger partial charge is 0.488 e. The molecule has 2 nitrogen and oxygen atoms in total.